The molecule has 2 aliphatic rings. The molecule has 5 rings (SSSR count). The van der Waals surface area contributed by atoms with Gasteiger partial charge in [0.05, 0.1) is 6.04 Å². The van der Waals surface area contributed by atoms with Gasteiger partial charge in [0.25, 0.3) is 5.91 Å². The van der Waals surface area contributed by atoms with Gasteiger partial charge in [-0.3, -0.25) is 14.6 Å². The molecule has 0 aliphatic carbocycles. The minimum Gasteiger partial charge on any atom is -0.508 e. The van der Waals surface area contributed by atoms with E-state index >= 15 is 0 Å². The third-order valence-electron chi connectivity index (χ3n) is 8.16. The van der Waals surface area contributed by atoms with Crippen molar-refractivity contribution >= 4 is 11.9 Å². The quantitative estimate of drug-likeness (QED) is 0.461. The molecule has 7 nitrogen and oxygen atoms in total. The molecular formula is C32H37N3O4. The molecule has 39 heavy (non-hydrogen) atoms. The van der Waals surface area contributed by atoms with Crippen molar-refractivity contribution in [2.24, 2.45) is 0 Å². The number of aromatic hydroxyl groups is 1. The maximum absolute atomic E-state index is 13.4. The van der Waals surface area contributed by atoms with Gasteiger partial charge in [-0.25, -0.2) is 4.79 Å². The van der Waals surface area contributed by atoms with Crippen LogP contribution in [0.25, 0.3) is 0 Å². The second-order valence-corrected chi connectivity index (χ2v) is 10.9. The SMILES string of the molecule is C[C@@H]1CN([C@@H](c2cccc(O)c2)c2cccc(C(=O)N3CCC[C@H]3C(=O)O)c2)[C@@H](C)CN1Cc1ccccc1. The van der Waals surface area contributed by atoms with Crippen molar-refractivity contribution < 1.29 is 19.8 Å². The molecule has 3 aromatic rings. The highest BCUT2D eigenvalue weighted by atomic mass is 16.4. The number of hydrogen-bond donors (Lipinski definition) is 2. The molecular weight excluding hydrogens is 490 g/mol. The fourth-order valence-electron chi connectivity index (χ4n) is 6.17. The van der Waals surface area contributed by atoms with Gasteiger partial charge in [0.1, 0.15) is 11.8 Å². The summed E-state index contributed by atoms with van der Waals surface area (Å²) >= 11 is 0. The highest BCUT2D eigenvalue weighted by Gasteiger charge is 2.37. The van der Waals surface area contributed by atoms with E-state index in [0.717, 1.165) is 30.8 Å². The van der Waals surface area contributed by atoms with Crippen LogP contribution in [0.5, 0.6) is 5.75 Å². The van der Waals surface area contributed by atoms with Gasteiger partial charge < -0.3 is 15.1 Å². The molecule has 2 aliphatic heterocycles. The number of carboxylic acids is 1. The smallest absolute Gasteiger partial charge is 0.326 e. The largest absolute Gasteiger partial charge is 0.508 e. The van der Waals surface area contributed by atoms with Crippen LogP contribution in [0.3, 0.4) is 0 Å². The Hall–Kier alpha value is -3.68. The Morgan fingerprint density at radius 3 is 2.33 bits per heavy atom. The van der Waals surface area contributed by atoms with Crippen molar-refractivity contribution in [3.63, 3.8) is 0 Å². The molecule has 0 saturated carbocycles. The van der Waals surface area contributed by atoms with E-state index < -0.39 is 12.0 Å². The average molecular weight is 528 g/mol. The first-order valence-electron chi connectivity index (χ1n) is 13.8. The van der Waals surface area contributed by atoms with Gasteiger partial charge in [-0.2, -0.15) is 0 Å². The molecule has 0 bridgehead atoms. The number of carboxylic acid groups (broad SMARTS) is 1. The Kier molecular flexibility index (Phi) is 8.00. The Morgan fingerprint density at radius 2 is 1.62 bits per heavy atom. The van der Waals surface area contributed by atoms with Crippen molar-refractivity contribution in [1.29, 1.82) is 0 Å². The van der Waals surface area contributed by atoms with E-state index in [4.69, 9.17) is 0 Å². The molecule has 2 fully saturated rings. The van der Waals surface area contributed by atoms with Crippen LogP contribution < -0.4 is 0 Å². The van der Waals surface area contributed by atoms with Gasteiger partial charge in [0.2, 0.25) is 0 Å². The van der Waals surface area contributed by atoms with Gasteiger partial charge in [-0.05, 0) is 67.6 Å². The van der Waals surface area contributed by atoms with Crippen LogP contribution in [0.4, 0.5) is 0 Å². The third-order valence-corrected chi connectivity index (χ3v) is 8.16. The van der Waals surface area contributed by atoms with E-state index in [9.17, 15) is 19.8 Å². The number of phenols is 1. The summed E-state index contributed by atoms with van der Waals surface area (Å²) in [6.45, 7) is 7.53. The Labute approximate surface area is 230 Å². The summed E-state index contributed by atoms with van der Waals surface area (Å²) < 4.78 is 0. The fourth-order valence-corrected chi connectivity index (χ4v) is 6.17. The number of carbonyl (C=O) groups excluding carboxylic acids is 1. The number of carbonyl (C=O) groups is 2. The van der Waals surface area contributed by atoms with Crippen LogP contribution in [0.15, 0.2) is 78.9 Å². The topological polar surface area (TPSA) is 84.3 Å². The van der Waals surface area contributed by atoms with Crippen molar-refractivity contribution in [2.75, 3.05) is 19.6 Å². The Morgan fingerprint density at radius 1 is 0.897 bits per heavy atom. The maximum atomic E-state index is 13.4. The molecule has 0 aromatic heterocycles. The lowest BCUT2D eigenvalue weighted by Gasteiger charge is -2.47. The first-order chi connectivity index (χ1) is 18.8. The number of amides is 1. The van der Waals surface area contributed by atoms with Crippen LogP contribution >= 0.6 is 0 Å². The van der Waals surface area contributed by atoms with Crippen LogP contribution in [0, 0.1) is 0 Å². The van der Waals surface area contributed by atoms with E-state index in [2.05, 4.69) is 47.9 Å². The molecule has 7 heteroatoms. The van der Waals surface area contributed by atoms with E-state index in [1.54, 1.807) is 18.2 Å². The predicted molar refractivity (Wildman–Crippen MR) is 151 cm³/mol. The molecule has 0 radical (unpaired) electrons. The molecule has 2 saturated heterocycles. The van der Waals surface area contributed by atoms with Crippen molar-refractivity contribution in [1.82, 2.24) is 14.7 Å². The Balaban J connectivity index is 1.45. The molecule has 4 atom stereocenters. The summed E-state index contributed by atoms with van der Waals surface area (Å²) in [5.41, 5.74) is 3.70. The zero-order chi connectivity index (χ0) is 27.5. The van der Waals surface area contributed by atoms with Crippen molar-refractivity contribution in [3.05, 3.63) is 101 Å². The summed E-state index contributed by atoms with van der Waals surface area (Å²) in [5, 5.41) is 20.0. The van der Waals surface area contributed by atoms with Crippen molar-refractivity contribution in [2.45, 2.75) is 57.4 Å². The third kappa shape index (κ3) is 5.84. The van der Waals surface area contributed by atoms with E-state index in [1.165, 1.54) is 10.5 Å². The fraction of sp³-hybridized carbons (Fsp3) is 0.375. The number of benzene rings is 3. The van der Waals surface area contributed by atoms with Gasteiger partial charge >= 0.3 is 5.97 Å². The van der Waals surface area contributed by atoms with E-state index in [1.807, 2.05) is 36.4 Å². The van der Waals surface area contributed by atoms with Crippen LogP contribution in [-0.2, 0) is 11.3 Å². The lowest BCUT2D eigenvalue weighted by Crippen LogP contribution is -2.56. The number of rotatable bonds is 7. The average Bonchev–Trinajstić information content (AvgIpc) is 3.43. The second-order valence-electron chi connectivity index (χ2n) is 10.9. The highest BCUT2D eigenvalue weighted by molar-refractivity contribution is 5.97. The summed E-state index contributed by atoms with van der Waals surface area (Å²) in [5.74, 6) is -0.995. The number of hydrogen-bond acceptors (Lipinski definition) is 5. The first-order valence-corrected chi connectivity index (χ1v) is 13.8. The maximum Gasteiger partial charge on any atom is 0.326 e. The molecule has 0 unspecified atom stereocenters. The van der Waals surface area contributed by atoms with Gasteiger partial charge in [0, 0.05) is 43.8 Å². The molecule has 2 heterocycles. The second kappa shape index (κ2) is 11.6. The van der Waals surface area contributed by atoms with Gasteiger partial charge in [-0.15, -0.1) is 0 Å². The lowest BCUT2D eigenvalue weighted by molar-refractivity contribution is -0.141. The summed E-state index contributed by atoms with van der Waals surface area (Å²) in [7, 11) is 0. The van der Waals surface area contributed by atoms with Crippen LogP contribution in [-0.4, -0.2) is 74.5 Å². The minimum atomic E-state index is -0.953. The number of phenolic OH excluding ortho intramolecular Hbond substituents is 1. The van der Waals surface area contributed by atoms with E-state index in [0.29, 0.717) is 31.0 Å². The normalized spacial score (nSPS) is 23.0. The van der Waals surface area contributed by atoms with E-state index in [-0.39, 0.29) is 23.7 Å². The lowest BCUT2D eigenvalue weighted by atomic mass is 9.92. The van der Waals surface area contributed by atoms with Crippen LogP contribution in [0.2, 0.25) is 0 Å². The molecule has 0 spiro atoms. The summed E-state index contributed by atoms with van der Waals surface area (Å²) in [6.07, 6.45) is 1.17. The standard InChI is InChI=1S/C32H37N3O4/c1-22-20-35(23(2)19-33(22)21-24-9-4-3-5-10-24)30(26-12-7-14-28(36)18-26)25-11-6-13-27(17-25)31(37)34-16-8-15-29(34)32(38)39/h3-7,9-14,17-18,22-23,29-30,36H,8,15-16,19-21H2,1-2H3,(H,38,39)/t22-,23+,29+,30-/m1/s1. The number of nitrogens with zero attached hydrogens (tertiary/aromatic N) is 3. The summed E-state index contributed by atoms with van der Waals surface area (Å²) in [4.78, 5) is 31.6. The number of piperazine rings is 1. The Bertz CT molecular complexity index is 1310. The van der Waals surface area contributed by atoms with Crippen LogP contribution in [0.1, 0.15) is 59.8 Å². The summed E-state index contributed by atoms with van der Waals surface area (Å²) in [6, 6.07) is 25.0. The number of likely N-dealkylation sites (tertiary alicyclic amines) is 1. The molecule has 204 valence electrons. The zero-order valence-electron chi connectivity index (χ0n) is 22.6. The number of aliphatic carboxylic acids is 1. The van der Waals surface area contributed by atoms with Crippen molar-refractivity contribution in [3.8, 4) is 5.75 Å². The molecule has 2 N–H and O–H groups in total. The monoisotopic (exact) mass is 527 g/mol. The van der Waals surface area contributed by atoms with Gasteiger partial charge in [0.15, 0.2) is 0 Å². The zero-order valence-corrected chi connectivity index (χ0v) is 22.6. The first kappa shape index (κ1) is 26.9. The predicted octanol–water partition coefficient (Wildman–Crippen LogP) is 4.77. The van der Waals surface area contributed by atoms with Gasteiger partial charge in [-0.1, -0.05) is 54.6 Å². The minimum absolute atomic E-state index is 0.171. The molecule has 1 amide bonds. The highest BCUT2D eigenvalue weighted by Crippen LogP contribution is 2.35. The molecule has 3 aromatic carbocycles.